The number of rotatable bonds is 5. The smallest absolute Gasteiger partial charge is 0.254 e. The minimum absolute atomic E-state index is 0.0104. The van der Waals surface area contributed by atoms with Crippen molar-refractivity contribution in [2.75, 3.05) is 11.9 Å². The van der Waals surface area contributed by atoms with E-state index < -0.39 is 0 Å². The SMILES string of the molecule is Cc1cccc(C(=O)N2CCc3oc(-c4cccc(NC(=O)CC(C)C)c4)cc3C2)c1. The molecule has 2 amide bonds. The van der Waals surface area contributed by atoms with E-state index in [0.717, 1.165) is 39.5 Å². The summed E-state index contributed by atoms with van der Waals surface area (Å²) in [5.41, 5.74) is 4.50. The van der Waals surface area contributed by atoms with Crippen molar-refractivity contribution < 1.29 is 14.0 Å². The zero-order chi connectivity index (χ0) is 22.0. The highest BCUT2D eigenvalue weighted by Crippen LogP contribution is 2.31. The Labute approximate surface area is 183 Å². The number of anilines is 1. The fraction of sp³-hybridized carbons (Fsp3) is 0.308. The van der Waals surface area contributed by atoms with E-state index in [1.807, 2.05) is 80.3 Å². The predicted molar refractivity (Wildman–Crippen MR) is 122 cm³/mol. The lowest BCUT2D eigenvalue weighted by Crippen LogP contribution is -2.35. The molecule has 0 atom stereocenters. The summed E-state index contributed by atoms with van der Waals surface area (Å²) in [7, 11) is 0. The highest BCUT2D eigenvalue weighted by molar-refractivity contribution is 5.94. The summed E-state index contributed by atoms with van der Waals surface area (Å²) in [4.78, 5) is 26.9. The van der Waals surface area contributed by atoms with Crippen LogP contribution in [0.25, 0.3) is 11.3 Å². The van der Waals surface area contributed by atoms with E-state index in [1.54, 1.807) is 0 Å². The molecule has 1 aliphatic rings. The van der Waals surface area contributed by atoms with Gasteiger partial charge in [0.15, 0.2) is 0 Å². The summed E-state index contributed by atoms with van der Waals surface area (Å²) < 4.78 is 6.12. The van der Waals surface area contributed by atoms with Crippen molar-refractivity contribution in [1.82, 2.24) is 4.90 Å². The predicted octanol–water partition coefficient (Wildman–Crippen LogP) is 5.44. The van der Waals surface area contributed by atoms with Gasteiger partial charge in [-0.2, -0.15) is 0 Å². The van der Waals surface area contributed by atoms with Gasteiger partial charge >= 0.3 is 0 Å². The van der Waals surface area contributed by atoms with Crippen LogP contribution in [0.4, 0.5) is 5.69 Å². The maximum atomic E-state index is 12.9. The lowest BCUT2D eigenvalue weighted by atomic mass is 10.1. The first-order valence-corrected chi connectivity index (χ1v) is 10.8. The topological polar surface area (TPSA) is 62.6 Å². The van der Waals surface area contributed by atoms with Crippen LogP contribution in [0.5, 0.6) is 0 Å². The van der Waals surface area contributed by atoms with Crippen LogP contribution < -0.4 is 5.32 Å². The first-order valence-electron chi connectivity index (χ1n) is 10.8. The van der Waals surface area contributed by atoms with Crippen LogP contribution in [0.1, 0.15) is 47.5 Å². The van der Waals surface area contributed by atoms with E-state index in [4.69, 9.17) is 4.42 Å². The molecule has 5 heteroatoms. The molecule has 31 heavy (non-hydrogen) atoms. The van der Waals surface area contributed by atoms with Crippen molar-refractivity contribution in [2.45, 2.75) is 40.2 Å². The number of amides is 2. The molecule has 1 N–H and O–H groups in total. The third-order valence-corrected chi connectivity index (χ3v) is 5.44. The molecule has 0 fully saturated rings. The van der Waals surface area contributed by atoms with Gasteiger partial charge in [0.25, 0.3) is 5.91 Å². The Hall–Kier alpha value is -3.34. The molecule has 0 saturated carbocycles. The number of benzene rings is 2. The van der Waals surface area contributed by atoms with Gasteiger partial charge in [-0.25, -0.2) is 0 Å². The van der Waals surface area contributed by atoms with Crippen LogP contribution in [0.15, 0.2) is 59.0 Å². The van der Waals surface area contributed by atoms with Gasteiger partial charge < -0.3 is 14.6 Å². The molecule has 0 bridgehead atoms. The van der Waals surface area contributed by atoms with E-state index in [1.165, 1.54) is 0 Å². The number of hydrogen-bond acceptors (Lipinski definition) is 3. The fourth-order valence-corrected chi connectivity index (χ4v) is 3.94. The molecule has 5 nitrogen and oxygen atoms in total. The van der Waals surface area contributed by atoms with Crippen molar-refractivity contribution in [3.05, 3.63) is 77.0 Å². The maximum absolute atomic E-state index is 12.9. The number of carbonyl (C=O) groups excluding carboxylic acids is 2. The zero-order valence-electron chi connectivity index (χ0n) is 18.3. The number of carbonyl (C=O) groups is 2. The minimum Gasteiger partial charge on any atom is -0.461 e. The van der Waals surface area contributed by atoms with Gasteiger partial charge in [0.1, 0.15) is 11.5 Å². The Balaban J connectivity index is 1.50. The molecule has 0 radical (unpaired) electrons. The largest absolute Gasteiger partial charge is 0.461 e. The van der Waals surface area contributed by atoms with E-state index in [2.05, 4.69) is 5.32 Å². The van der Waals surface area contributed by atoms with Crippen LogP contribution in [0, 0.1) is 12.8 Å². The molecule has 1 aliphatic heterocycles. The first kappa shape index (κ1) is 20.9. The third-order valence-electron chi connectivity index (χ3n) is 5.44. The van der Waals surface area contributed by atoms with Gasteiger partial charge in [0.2, 0.25) is 5.91 Å². The van der Waals surface area contributed by atoms with Crippen LogP contribution in [-0.4, -0.2) is 23.3 Å². The van der Waals surface area contributed by atoms with Crippen LogP contribution in [0.2, 0.25) is 0 Å². The normalized spacial score (nSPS) is 13.2. The standard InChI is InChI=1S/C26H28N2O3/c1-17(2)12-25(29)27-22-9-5-7-19(14-22)24-15-21-16-28(11-10-23(21)31-24)26(30)20-8-4-6-18(3)13-20/h4-9,13-15,17H,10-12,16H2,1-3H3,(H,27,29). The highest BCUT2D eigenvalue weighted by Gasteiger charge is 2.25. The average Bonchev–Trinajstić information content (AvgIpc) is 3.16. The van der Waals surface area contributed by atoms with E-state index >= 15 is 0 Å². The van der Waals surface area contributed by atoms with Crippen LogP contribution >= 0.6 is 0 Å². The maximum Gasteiger partial charge on any atom is 0.254 e. The summed E-state index contributed by atoms with van der Waals surface area (Å²) in [6.07, 6.45) is 1.18. The highest BCUT2D eigenvalue weighted by atomic mass is 16.3. The van der Waals surface area contributed by atoms with Gasteiger partial charge in [0, 0.05) is 48.3 Å². The number of hydrogen-bond donors (Lipinski definition) is 1. The molecule has 0 saturated heterocycles. The molecule has 2 aromatic carbocycles. The monoisotopic (exact) mass is 416 g/mol. The lowest BCUT2D eigenvalue weighted by Gasteiger charge is -2.26. The van der Waals surface area contributed by atoms with Gasteiger partial charge in [-0.15, -0.1) is 0 Å². The Morgan fingerprint density at radius 2 is 1.90 bits per heavy atom. The number of nitrogens with one attached hydrogen (secondary N) is 1. The second-order valence-electron chi connectivity index (χ2n) is 8.63. The van der Waals surface area contributed by atoms with Gasteiger partial charge in [-0.1, -0.05) is 43.7 Å². The number of nitrogens with zero attached hydrogens (tertiary/aromatic N) is 1. The second-order valence-corrected chi connectivity index (χ2v) is 8.63. The van der Waals surface area contributed by atoms with E-state index in [-0.39, 0.29) is 11.8 Å². The van der Waals surface area contributed by atoms with Crippen molar-refractivity contribution in [3.8, 4) is 11.3 Å². The molecule has 4 rings (SSSR count). The van der Waals surface area contributed by atoms with Crippen LogP contribution in [-0.2, 0) is 17.8 Å². The molecule has 0 spiro atoms. The van der Waals surface area contributed by atoms with Crippen molar-refractivity contribution in [3.63, 3.8) is 0 Å². The summed E-state index contributed by atoms with van der Waals surface area (Å²) in [6.45, 7) is 7.22. The van der Waals surface area contributed by atoms with Crippen LogP contribution in [0.3, 0.4) is 0 Å². The summed E-state index contributed by atoms with van der Waals surface area (Å²) in [5.74, 6) is 2.06. The quantitative estimate of drug-likeness (QED) is 0.603. The van der Waals surface area contributed by atoms with Gasteiger partial charge in [-0.3, -0.25) is 9.59 Å². The second kappa shape index (κ2) is 8.80. The first-order chi connectivity index (χ1) is 14.9. The Morgan fingerprint density at radius 3 is 2.68 bits per heavy atom. The fourth-order valence-electron chi connectivity index (χ4n) is 3.94. The van der Waals surface area contributed by atoms with Gasteiger partial charge in [0.05, 0.1) is 0 Å². The Bertz CT molecular complexity index is 1110. The summed E-state index contributed by atoms with van der Waals surface area (Å²) >= 11 is 0. The lowest BCUT2D eigenvalue weighted by molar-refractivity contribution is -0.116. The molecule has 1 aromatic heterocycles. The molecule has 0 aliphatic carbocycles. The number of furan rings is 1. The molecule has 0 unspecified atom stereocenters. The Kier molecular flexibility index (Phi) is 5.94. The molecule has 2 heterocycles. The minimum atomic E-state index is 0.0104. The van der Waals surface area contributed by atoms with Crippen molar-refractivity contribution >= 4 is 17.5 Å². The zero-order valence-corrected chi connectivity index (χ0v) is 18.3. The summed E-state index contributed by atoms with van der Waals surface area (Å²) in [6, 6.07) is 17.4. The van der Waals surface area contributed by atoms with Gasteiger partial charge in [-0.05, 0) is 43.2 Å². The molecular weight excluding hydrogens is 388 g/mol. The number of aryl methyl sites for hydroxylation is 1. The van der Waals surface area contributed by atoms with E-state index in [0.29, 0.717) is 31.8 Å². The van der Waals surface area contributed by atoms with Crippen molar-refractivity contribution in [1.29, 1.82) is 0 Å². The summed E-state index contributed by atoms with van der Waals surface area (Å²) in [5, 5.41) is 2.96. The third kappa shape index (κ3) is 4.88. The number of fused-ring (bicyclic) bond motifs is 1. The van der Waals surface area contributed by atoms with E-state index in [9.17, 15) is 9.59 Å². The molecule has 3 aromatic rings. The van der Waals surface area contributed by atoms with Crippen molar-refractivity contribution in [2.24, 2.45) is 5.92 Å². The molecule has 160 valence electrons. The average molecular weight is 417 g/mol. The molecular formula is C26H28N2O3. The Morgan fingerprint density at radius 1 is 1.10 bits per heavy atom.